The Balaban J connectivity index is 1.70. The second-order valence-electron chi connectivity index (χ2n) is 9.45. The summed E-state index contributed by atoms with van der Waals surface area (Å²) in [5, 5.41) is 19.6. The molecule has 3 aliphatic rings. The molecular weight excluding hydrogens is 352 g/mol. The lowest BCUT2D eigenvalue weighted by Gasteiger charge is -2.40. The normalized spacial score (nSPS) is 32.5. The Morgan fingerprint density at radius 1 is 1.33 bits per heavy atom. The SMILES string of the molecule is C[C@H](CC(C)(C)N1CCC(F)(F)C1)C(C#N)C(=O)N1C2CCC1(CO)CC2. The lowest BCUT2D eigenvalue weighted by atomic mass is 9.82. The Morgan fingerprint density at radius 2 is 1.96 bits per heavy atom. The summed E-state index contributed by atoms with van der Waals surface area (Å²) in [6.45, 7) is 5.71. The standard InChI is InChI=1S/C20H31F2N3O2/c1-14(10-18(2,3)24-9-8-20(21,22)12-24)16(11-23)17(27)25-15-4-6-19(25,13-26)7-5-15/h14-16,26H,4-10,12-13H2,1-3H3/t14-,15?,16?,19?/m1/s1. The fraction of sp³-hybridized carbons (Fsp3) is 0.900. The van der Waals surface area contributed by atoms with Crippen molar-refractivity contribution in [3.05, 3.63) is 0 Å². The van der Waals surface area contributed by atoms with Gasteiger partial charge in [0.05, 0.1) is 24.8 Å². The molecule has 3 aliphatic heterocycles. The molecule has 3 heterocycles. The van der Waals surface area contributed by atoms with Crippen molar-refractivity contribution in [2.45, 2.75) is 82.3 Å². The van der Waals surface area contributed by atoms with Gasteiger partial charge < -0.3 is 10.0 Å². The fourth-order valence-corrected chi connectivity index (χ4v) is 5.54. The Labute approximate surface area is 160 Å². The van der Waals surface area contributed by atoms with Crippen LogP contribution in [0.15, 0.2) is 0 Å². The summed E-state index contributed by atoms with van der Waals surface area (Å²) in [5.74, 6) is -3.91. The third-order valence-corrected chi connectivity index (χ3v) is 7.12. The molecule has 5 nitrogen and oxygen atoms in total. The molecule has 0 aromatic carbocycles. The monoisotopic (exact) mass is 383 g/mol. The number of carbonyl (C=O) groups is 1. The minimum absolute atomic E-state index is 0.0594. The zero-order valence-electron chi connectivity index (χ0n) is 16.5. The van der Waals surface area contributed by atoms with Gasteiger partial charge >= 0.3 is 0 Å². The van der Waals surface area contributed by atoms with E-state index in [-0.39, 0.29) is 37.4 Å². The van der Waals surface area contributed by atoms with E-state index in [9.17, 15) is 23.9 Å². The van der Waals surface area contributed by atoms with Gasteiger partial charge in [0, 0.05) is 24.5 Å². The molecule has 0 radical (unpaired) electrons. The van der Waals surface area contributed by atoms with E-state index >= 15 is 0 Å². The van der Waals surface area contributed by atoms with Gasteiger partial charge in [0.15, 0.2) is 0 Å². The molecule has 0 spiro atoms. The molecule has 1 amide bonds. The second-order valence-corrected chi connectivity index (χ2v) is 9.45. The number of aliphatic hydroxyl groups excluding tert-OH is 1. The third-order valence-electron chi connectivity index (χ3n) is 7.12. The molecule has 0 aromatic rings. The molecule has 152 valence electrons. The highest BCUT2D eigenvalue weighted by Crippen LogP contribution is 2.47. The molecule has 1 N–H and O–H groups in total. The van der Waals surface area contributed by atoms with Crippen LogP contribution in [0, 0.1) is 23.2 Å². The van der Waals surface area contributed by atoms with Gasteiger partial charge in [-0.2, -0.15) is 5.26 Å². The van der Waals surface area contributed by atoms with Crippen LogP contribution in [0.4, 0.5) is 8.78 Å². The van der Waals surface area contributed by atoms with E-state index in [1.54, 1.807) is 9.80 Å². The average Bonchev–Trinajstić information content (AvgIpc) is 3.26. The van der Waals surface area contributed by atoms with E-state index in [0.29, 0.717) is 13.0 Å². The Kier molecular flexibility index (Phi) is 5.28. The molecule has 0 aliphatic carbocycles. The van der Waals surface area contributed by atoms with Crippen LogP contribution in [-0.4, -0.2) is 63.6 Å². The minimum Gasteiger partial charge on any atom is -0.394 e. The van der Waals surface area contributed by atoms with Gasteiger partial charge in [-0.1, -0.05) is 6.92 Å². The quantitative estimate of drug-likeness (QED) is 0.766. The van der Waals surface area contributed by atoms with Crippen LogP contribution in [0.3, 0.4) is 0 Å². The zero-order chi connectivity index (χ0) is 20.0. The van der Waals surface area contributed by atoms with E-state index in [0.717, 1.165) is 25.7 Å². The molecule has 3 fully saturated rings. The van der Waals surface area contributed by atoms with Crippen molar-refractivity contribution in [2.24, 2.45) is 11.8 Å². The summed E-state index contributed by atoms with van der Waals surface area (Å²) in [6, 6.07) is 2.30. The number of amides is 1. The van der Waals surface area contributed by atoms with E-state index < -0.39 is 22.9 Å². The van der Waals surface area contributed by atoms with Gasteiger partial charge in [-0.25, -0.2) is 8.78 Å². The number of nitrogens with zero attached hydrogens (tertiary/aromatic N) is 3. The van der Waals surface area contributed by atoms with Gasteiger partial charge in [0.25, 0.3) is 5.92 Å². The predicted molar refractivity (Wildman–Crippen MR) is 97.0 cm³/mol. The number of likely N-dealkylation sites (tertiary alicyclic amines) is 1. The van der Waals surface area contributed by atoms with Crippen LogP contribution < -0.4 is 0 Å². The summed E-state index contributed by atoms with van der Waals surface area (Å²) >= 11 is 0. The first-order chi connectivity index (χ1) is 12.6. The van der Waals surface area contributed by atoms with E-state index in [1.165, 1.54) is 0 Å². The number of hydrogen-bond donors (Lipinski definition) is 1. The number of fused-ring (bicyclic) bond motifs is 2. The number of carbonyl (C=O) groups excluding carboxylic acids is 1. The summed E-state index contributed by atoms with van der Waals surface area (Å²) in [4.78, 5) is 16.8. The molecular formula is C20H31F2N3O2. The largest absolute Gasteiger partial charge is 0.394 e. The first kappa shape index (κ1) is 20.5. The maximum Gasteiger partial charge on any atom is 0.261 e. The van der Waals surface area contributed by atoms with Crippen molar-refractivity contribution in [1.82, 2.24) is 9.80 Å². The van der Waals surface area contributed by atoms with Gasteiger partial charge in [-0.3, -0.25) is 9.69 Å². The van der Waals surface area contributed by atoms with Crippen LogP contribution in [0.2, 0.25) is 0 Å². The molecule has 3 saturated heterocycles. The lowest BCUT2D eigenvalue weighted by Crippen LogP contribution is -2.51. The second kappa shape index (κ2) is 6.97. The molecule has 2 bridgehead atoms. The third kappa shape index (κ3) is 3.58. The highest BCUT2D eigenvalue weighted by molar-refractivity contribution is 5.83. The molecule has 27 heavy (non-hydrogen) atoms. The van der Waals surface area contributed by atoms with Gasteiger partial charge in [0.1, 0.15) is 5.92 Å². The van der Waals surface area contributed by atoms with Crippen LogP contribution in [0.5, 0.6) is 0 Å². The number of nitriles is 1. The van der Waals surface area contributed by atoms with Crippen LogP contribution in [0.25, 0.3) is 0 Å². The summed E-state index contributed by atoms with van der Waals surface area (Å²) < 4.78 is 27.2. The van der Waals surface area contributed by atoms with Crippen molar-refractivity contribution in [2.75, 3.05) is 19.7 Å². The van der Waals surface area contributed by atoms with Crippen molar-refractivity contribution in [1.29, 1.82) is 5.26 Å². The van der Waals surface area contributed by atoms with Gasteiger partial charge in [-0.15, -0.1) is 0 Å². The molecule has 3 rings (SSSR count). The molecule has 2 atom stereocenters. The highest BCUT2D eigenvalue weighted by Gasteiger charge is 2.55. The van der Waals surface area contributed by atoms with Crippen molar-refractivity contribution >= 4 is 5.91 Å². The maximum atomic E-state index is 13.6. The number of hydrogen-bond acceptors (Lipinski definition) is 4. The number of aliphatic hydroxyl groups is 1. The fourth-order valence-electron chi connectivity index (χ4n) is 5.54. The molecule has 1 unspecified atom stereocenters. The van der Waals surface area contributed by atoms with Crippen LogP contribution in [0.1, 0.15) is 59.3 Å². The summed E-state index contributed by atoms with van der Waals surface area (Å²) in [6.07, 6.45) is 3.71. The maximum absolute atomic E-state index is 13.6. The Hall–Kier alpha value is -1.26. The average molecular weight is 383 g/mol. The highest BCUT2D eigenvalue weighted by atomic mass is 19.3. The number of rotatable bonds is 6. The summed E-state index contributed by atoms with van der Waals surface area (Å²) in [7, 11) is 0. The molecule has 0 aromatic heterocycles. The van der Waals surface area contributed by atoms with Crippen molar-refractivity contribution in [3.63, 3.8) is 0 Å². The van der Waals surface area contributed by atoms with E-state index in [1.807, 2.05) is 20.8 Å². The van der Waals surface area contributed by atoms with E-state index in [2.05, 4.69) is 6.07 Å². The predicted octanol–water partition coefficient (Wildman–Crippen LogP) is 2.79. The lowest BCUT2D eigenvalue weighted by molar-refractivity contribution is -0.141. The van der Waals surface area contributed by atoms with Crippen LogP contribution >= 0.6 is 0 Å². The molecule has 0 saturated carbocycles. The number of halogens is 2. The van der Waals surface area contributed by atoms with Crippen LogP contribution in [-0.2, 0) is 4.79 Å². The topological polar surface area (TPSA) is 67.6 Å². The number of alkyl halides is 2. The zero-order valence-corrected chi connectivity index (χ0v) is 16.5. The van der Waals surface area contributed by atoms with E-state index in [4.69, 9.17) is 0 Å². The Bertz CT molecular complexity index is 623. The smallest absolute Gasteiger partial charge is 0.261 e. The summed E-state index contributed by atoms with van der Waals surface area (Å²) in [5.41, 5.74) is -1.00. The molecule has 7 heteroatoms. The van der Waals surface area contributed by atoms with Gasteiger partial charge in [-0.05, 0) is 51.9 Å². The van der Waals surface area contributed by atoms with Crippen molar-refractivity contribution in [3.8, 4) is 6.07 Å². The Morgan fingerprint density at radius 3 is 2.44 bits per heavy atom. The van der Waals surface area contributed by atoms with Gasteiger partial charge in [0.2, 0.25) is 5.91 Å². The minimum atomic E-state index is -2.66. The van der Waals surface area contributed by atoms with Crippen molar-refractivity contribution < 1.29 is 18.7 Å². The first-order valence-corrected chi connectivity index (χ1v) is 10.0. The first-order valence-electron chi connectivity index (χ1n) is 10.0.